The molecule has 0 aliphatic rings. The third-order valence-electron chi connectivity index (χ3n) is 3.09. The van der Waals surface area contributed by atoms with Crippen molar-refractivity contribution in [3.63, 3.8) is 0 Å². The molecule has 0 aliphatic carbocycles. The van der Waals surface area contributed by atoms with Gasteiger partial charge < -0.3 is 5.11 Å². The minimum Gasteiger partial charge on any atom is -0.478 e. The predicted molar refractivity (Wildman–Crippen MR) is 74.9 cm³/mol. The zero-order valence-corrected chi connectivity index (χ0v) is 11.5. The van der Waals surface area contributed by atoms with Crippen molar-refractivity contribution in [3.05, 3.63) is 70.8 Å². The summed E-state index contributed by atoms with van der Waals surface area (Å²) < 4.78 is 26.0. The fraction of sp³-hybridized carbons (Fsp3) is 0.188. The first-order valence-corrected chi connectivity index (χ1v) is 6.40. The molecular formula is C16H15F2NO2. The van der Waals surface area contributed by atoms with Crippen molar-refractivity contribution < 1.29 is 18.7 Å². The minimum atomic E-state index is -0.961. The molecule has 0 fully saturated rings. The van der Waals surface area contributed by atoms with Crippen molar-refractivity contribution in [1.29, 1.82) is 0 Å². The summed E-state index contributed by atoms with van der Waals surface area (Å²) in [6.07, 6.45) is 0. The summed E-state index contributed by atoms with van der Waals surface area (Å²) in [4.78, 5) is 12.7. The van der Waals surface area contributed by atoms with Gasteiger partial charge in [0.05, 0.1) is 5.56 Å². The van der Waals surface area contributed by atoms with Crippen molar-refractivity contribution in [3.8, 4) is 0 Å². The van der Waals surface area contributed by atoms with Crippen LogP contribution in [-0.2, 0) is 13.1 Å². The highest BCUT2D eigenvalue weighted by atomic mass is 19.2. The zero-order valence-electron chi connectivity index (χ0n) is 11.5. The molecule has 0 bridgehead atoms. The van der Waals surface area contributed by atoms with Gasteiger partial charge in [0.15, 0.2) is 11.6 Å². The molecule has 0 saturated heterocycles. The number of carboxylic acid groups (broad SMARTS) is 1. The highest BCUT2D eigenvalue weighted by molar-refractivity contribution is 5.87. The number of carbonyl (C=O) groups is 1. The number of benzene rings is 2. The second kappa shape index (κ2) is 6.45. The summed E-state index contributed by atoms with van der Waals surface area (Å²) in [6, 6.07) is 10.4. The molecule has 3 nitrogen and oxygen atoms in total. The van der Waals surface area contributed by atoms with Crippen LogP contribution in [-0.4, -0.2) is 23.0 Å². The van der Waals surface area contributed by atoms with Crippen LogP contribution in [0.15, 0.2) is 42.5 Å². The number of hydrogen-bond acceptors (Lipinski definition) is 2. The fourth-order valence-corrected chi connectivity index (χ4v) is 2.07. The number of halogens is 2. The van der Waals surface area contributed by atoms with Crippen molar-refractivity contribution in [2.75, 3.05) is 7.05 Å². The lowest BCUT2D eigenvalue weighted by Gasteiger charge is -2.17. The van der Waals surface area contributed by atoms with E-state index in [2.05, 4.69) is 0 Å². The molecule has 0 spiro atoms. The normalized spacial score (nSPS) is 10.9. The summed E-state index contributed by atoms with van der Waals surface area (Å²) in [5, 5.41) is 8.82. The Bertz CT molecular complexity index is 641. The van der Waals surface area contributed by atoms with Gasteiger partial charge in [-0.25, -0.2) is 13.6 Å². The van der Waals surface area contributed by atoms with Gasteiger partial charge in [-0.2, -0.15) is 0 Å². The van der Waals surface area contributed by atoms with E-state index < -0.39 is 17.6 Å². The summed E-state index contributed by atoms with van der Waals surface area (Å²) in [5.41, 5.74) is 1.87. The highest BCUT2D eigenvalue weighted by Gasteiger charge is 2.07. The molecule has 0 aliphatic heterocycles. The third kappa shape index (κ3) is 4.10. The van der Waals surface area contributed by atoms with E-state index in [1.54, 1.807) is 30.3 Å². The van der Waals surface area contributed by atoms with Crippen LogP contribution in [0.3, 0.4) is 0 Å². The van der Waals surface area contributed by atoms with Gasteiger partial charge >= 0.3 is 5.97 Å². The second-order valence-corrected chi connectivity index (χ2v) is 4.92. The summed E-state index contributed by atoms with van der Waals surface area (Å²) in [7, 11) is 1.85. The van der Waals surface area contributed by atoms with Crippen LogP contribution < -0.4 is 0 Å². The van der Waals surface area contributed by atoms with Crippen LogP contribution >= 0.6 is 0 Å². The average molecular weight is 291 g/mol. The Balaban J connectivity index is 1.99. The Morgan fingerprint density at radius 3 is 2.14 bits per heavy atom. The molecule has 0 atom stereocenters. The number of hydrogen-bond donors (Lipinski definition) is 1. The van der Waals surface area contributed by atoms with Gasteiger partial charge in [0.25, 0.3) is 0 Å². The van der Waals surface area contributed by atoms with Gasteiger partial charge in [0.1, 0.15) is 0 Å². The predicted octanol–water partition coefficient (Wildman–Crippen LogP) is 3.30. The lowest BCUT2D eigenvalue weighted by atomic mass is 10.1. The van der Waals surface area contributed by atoms with Crippen molar-refractivity contribution in [2.24, 2.45) is 0 Å². The van der Waals surface area contributed by atoms with Gasteiger partial charge in [-0.15, -0.1) is 0 Å². The number of carboxylic acids is 1. The fourth-order valence-electron chi connectivity index (χ4n) is 2.07. The Morgan fingerprint density at radius 2 is 1.57 bits per heavy atom. The molecule has 0 aromatic heterocycles. The van der Waals surface area contributed by atoms with E-state index in [0.29, 0.717) is 18.7 Å². The third-order valence-corrected chi connectivity index (χ3v) is 3.09. The summed E-state index contributed by atoms with van der Waals surface area (Å²) in [5.74, 6) is -2.67. The first-order valence-electron chi connectivity index (χ1n) is 6.40. The SMILES string of the molecule is CN(Cc1ccc(C(=O)O)cc1)Cc1ccc(F)c(F)c1. The molecule has 0 amide bonds. The van der Waals surface area contributed by atoms with Crippen LogP contribution in [0.1, 0.15) is 21.5 Å². The summed E-state index contributed by atoms with van der Waals surface area (Å²) in [6.45, 7) is 1.05. The standard InChI is InChI=1S/C16H15F2NO2/c1-19(10-12-4-7-14(17)15(18)8-12)9-11-2-5-13(6-3-11)16(20)21/h2-8H,9-10H2,1H3,(H,20,21). The molecule has 2 aromatic carbocycles. The van der Waals surface area contributed by atoms with Crippen LogP contribution in [0.25, 0.3) is 0 Å². The van der Waals surface area contributed by atoms with Crippen LogP contribution in [0.2, 0.25) is 0 Å². The van der Waals surface area contributed by atoms with E-state index in [0.717, 1.165) is 11.6 Å². The molecule has 1 N–H and O–H groups in total. The molecule has 0 heterocycles. The Hall–Kier alpha value is -2.27. The first kappa shape index (κ1) is 15.1. The second-order valence-electron chi connectivity index (χ2n) is 4.92. The first-order chi connectivity index (χ1) is 9.95. The van der Waals surface area contributed by atoms with Gasteiger partial charge in [-0.05, 0) is 42.4 Å². The Kier molecular flexibility index (Phi) is 4.65. The van der Waals surface area contributed by atoms with Gasteiger partial charge in [0.2, 0.25) is 0 Å². The number of aromatic carboxylic acids is 1. The van der Waals surface area contributed by atoms with E-state index in [1.165, 1.54) is 6.07 Å². The van der Waals surface area contributed by atoms with Gasteiger partial charge in [-0.3, -0.25) is 4.90 Å². The summed E-state index contributed by atoms with van der Waals surface area (Å²) >= 11 is 0. The van der Waals surface area contributed by atoms with E-state index in [1.807, 2.05) is 11.9 Å². The van der Waals surface area contributed by atoms with Crippen LogP contribution in [0, 0.1) is 11.6 Å². The van der Waals surface area contributed by atoms with Crippen molar-refractivity contribution >= 4 is 5.97 Å². The molecule has 110 valence electrons. The number of rotatable bonds is 5. The van der Waals surface area contributed by atoms with Crippen molar-refractivity contribution in [2.45, 2.75) is 13.1 Å². The highest BCUT2D eigenvalue weighted by Crippen LogP contribution is 2.12. The molecule has 2 aromatic rings. The molecular weight excluding hydrogens is 276 g/mol. The van der Waals surface area contributed by atoms with Crippen molar-refractivity contribution in [1.82, 2.24) is 4.90 Å². The monoisotopic (exact) mass is 291 g/mol. The van der Waals surface area contributed by atoms with Crippen LogP contribution in [0.4, 0.5) is 8.78 Å². The van der Waals surface area contributed by atoms with Crippen LogP contribution in [0.5, 0.6) is 0 Å². The molecule has 0 unspecified atom stereocenters. The molecule has 0 saturated carbocycles. The molecule has 2 rings (SSSR count). The van der Waals surface area contributed by atoms with E-state index in [4.69, 9.17) is 5.11 Å². The minimum absolute atomic E-state index is 0.238. The Labute approximate surface area is 121 Å². The van der Waals surface area contributed by atoms with Gasteiger partial charge in [0, 0.05) is 13.1 Å². The smallest absolute Gasteiger partial charge is 0.335 e. The zero-order chi connectivity index (χ0) is 15.4. The molecule has 0 radical (unpaired) electrons. The maximum absolute atomic E-state index is 13.1. The largest absolute Gasteiger partial charge is 0.478 e. The number of nitrogens with zero attached hydrogens (tertiary/aromatic N) is 1. The molecule has 5 heteroatoms. The van der Waals surface area contributed by atoms with E-state index in [9.17, 15) is 13.6 Å². The lowest BCUT2D eigenvalue weighted by molar-refractivity contribution is 0.0697. The lowest BCUT2D eigenvalue weighted by Crippen LogP contribution is -2.17. The van der Waals surface area contributed by atoms with E-state index in [-0.39, 0.29) is 5.56 Å². The maximum Gasteiger partial charge on any atom is 0.335 e. The Morgan fingerprint density at radius 1 is 1.00 bits per heavy atom. The van der Waals surface area contributed by atoms with Gasteiger partial charge in [-0.1, -0.05) is 18.2 Å². The quantitative estimate of drug-likeness (QED) is 0.919. The molecule has 21 heavy (non-hydrogen) atoms. The average Bonchev–Trinajstić information content (AvgIpc) is 2.43. The topological polar surface area (TPSA) is 40.5 Å². The maximum atomic E-state index is 13.1. The van der Waals surface area contributed by atoms with E-state index >= 15 is 0 Å².